The van der Waals surface area contributed by atoms with Crippen molar-refractivity contribution in [3.63, 3.8) is 0 Å². The fourth-order valence-corrected chi connectivity index (χ4v) is 0.736. The van der Waals surface area contributed by atoms with Gasteiger partial charge in [0.2, 0.25) is 5.91 Å². The van der Waals surface area contributed by atoms with Gasteiger partial charge in [-0.15, -0.1) is 0 Å². The maximum Gasteiger partial charge on any atom is 0.259 e. The molecule has 1 atom stereocenters. The first-order valence-corrected chi connectivity index (χ1v) is 4.26. The van der Waals surface area contributed by atoms with E-state index in [1.54, 1.807) is 0 Å². The predicted molar refractivity (Wildman–Crippen MR) is 50.1 cm³/mol. The topological polar surface area (TPSA) is 90.5 Å². The van der Waals surface area contributed by atoms with E-state index in [4.69, 9.17) is 5.11 Å². The quantitative estimate of drug-likeness (QED) is 0.258. The molecular formula is C6H13N3O3S. The van der Waals surface area contributed by atoms with Crippen molar-refractivity contribution in [2.24, 2.45) is 0 Å². The second-order valence-electron chi connectivity index (χ2n) is 2.20. The molecule has 0 aromatic rings. The molecular weight excluding hydrogens is 194 g/mol. The van der Waals surface area contributed by atoms with Crippen LogP contribution in [0.2, 0.25) is 0 Å². The summed E-state index contributed by atoms with van der Waals surface area (Å²) >= 11 is 3.71. The van der Waals surface area contributed by atoms with Crippen LogP contribution in [-0.4, -0.2) is 42.4 Å². The zero-order valence-electron chi connectivity index (χ0n) is 7.20. The second-order valence-corrected chi connectivity index (χ2v) is 2.52. The lowest BCUT2D eigenvalue weighted by atomic mass is 10.3. The first-order valence-electron chi connectivity index (χ1n) is 3.63. The van der Waals surface area contributed by atoms with E-state index in [0.717, 1.165) is 0 Å². The molecule has 2 amide bonds. The third-order valence-corrected chi connectivity index (χ3v) is 1.51. The van der Waals surface area contributed by atoms with Crippen LogP contribution in [0, 0.1) is 0 Å². The van der Waals surface area contributed by atoms with Crippen LogP contribution in [-0.2, 0) is 9.59 Å². The lowest BCUT2D eigenvalue weighted by Gasteiger charge is -2.14. The van der Waals surface area contributed by atoms with Crippen molar-refractivity contribution in [1.29, 1.82) is 0 Å². The number of nitrogens with one attached hydrogen (secondary N) is 3. The molecule has 6 nitrogen and oxygen atoms in total. The molecule has 0 spiro atoms. The molecule has 0 heterocycles. The molecule has 76 valence electrons. The largest absolute Gasteiger partial charge is 0.394 e. The summed E-state index contributed by atoms with van der Waals surface area (Å²) < 4.78 is 0. The normalized spacial score (nSPS) is 11.9. The van der Waals surface area contributed by atoms with E-state index in [2.05, 4.69) is 28.8 Å². The highest BCUT2D eigenvalue weighted by Crippen LogP contribution is 1.83. The summed E-state index contributed by atoms with van der Waals surface area (Å²) in [6, 6.07) is -0.938. The van der Waals surface area contributed by atoms with Gasteiger partial charge in [-0.3, -0.25) is 15.0 Å². The molecule has 0 aromatic carbocycles. The number of carbonyl (C=O) groups excluding carboxylic acids is 2. The molecule has 0 radical (unpaired) electrons. The SMILES string of the molecule is CNNC(=O)[C@H](CO)NC(=O)CS. The Morgan fingerprint density at radius 3 is 2.54 bits per heavy atom. The molecule has 0 fully saturated rings. The standard InChI is InChI=1S/C6H13N3O3S/c1-7-9-6(12)4(2-10)8-5(11)3-13/h4,7,10,13H,2-3H2,1H3,(H,8,11)(H,9,12)/t4-/m0/s1. The highest BCUT2D eigenvalue weighted by molar-refractivity contribution is 7.81. The van der Waals surface area contributed by atoms with Gasteiger partial charge in [0, 0.05) is 7.05 Å². The van der Waals surface area contributed by atoms with Gasteiger partial charge in [0.05, 0.1) is 12.4 Å². The summed E-state index contributed by atoms with van der Waals surface area (Å²) in [6.07, 6.45) is 0. The Morgan fingerprint density at radius 2 is 2.15 bits per heavy atom. The Bertz CT molecular complexity index is 188. The fraction of sp³-hybridized carbons (Fsp3) is 0.667. The minimum atomic E-state index is -0.938. The first kappa shape index (κ1) is 12.2. The van der Waals surface area contributed by atoms with Gasteiger partial charge in [-0.1, -0.05) is 0 Å². The number of rotatable bonds is 5. The summed E-state index contributed by atoms with van der Waals surface area (Å²) in [6.45, 7) is -0.451. The number of carbonyl (C=O) groups is 2. The molecule has 13 heavy (non-hydrogen) atoms. The minimum Gasteiger partial charge on any atom is -0.394 e. The Morgan fingerprint density at radius 1 is 1.54 bits per heavy atom. The first-order chi connectivity index (χ1) is 6.15. The van der Waals surface area contributed by atoms with Crippen molar-refractivity contribution in [3.8, 4) is 0 Å². The summed E-state index contributed by atoms with van der Waals surface area (Å²) in [5.41, 5.74) is 4.63. The Labute approximate surface area is 81.5 Å². The molecule has 0 saturated carbocycles. The predicted octanol–water partition coefficient (Wildman–Crippen LogP) is -2.36. The zero-order valence-corrected chi connectivity index (χ0v) is 8.10. The third-order valence-electron chi connectivity index (χ3n) is 1.23. The van der Waals surface area contributed by atoms with E-state index >= 15 is 0 Å². The van der Waals surface area contributed by atoms with Crippen LogP contribution in [0.1, 0.15) is 0 Å². The summed E-state index contributed by atoms with van der Waals surface area (Å²) in [5.74, 6) is -0.933. The van der Waals surface area contributed by atoms with Crippen LogP contribution in [0.15, 0.2) is 0 Å². The summed E-state index contributed by atoms with van der Waals surface area (Å²) in [5, 5.41) is 11.0. The van der Waals surface area contributed by atoms with Gasteiger partial charge >= 0.3 is 0 Å². The van der Waals surface area contributed by atoms with Gasteiger partial charge < -0.3 is 10.4 Å². The van der Waals surface area contributed by atoms with Crippen molar-refractivity contribution in [2.45, 2.75) is 6.04 Å². The number of amides is 2. The van der Waals surface area contributed by atoms with Crippen molar-refractivity contribution >= 4 is 24.4 Å². The van der Waals surface area contributed by atoms with E-state index in [0.29, 0.717) is 0 Å². The van der Waals surface area contributed by atoms with Crippen molar-refractivity contribution in [3.05, 3.63) is 0 Å². The van der Waals surface area contributed by atoms with Crippen molar-refractivity contribution in [2.75, 3.05) is 19.4 Å². The number of aliphatic hydroxyl groups excluding tert-OH is 1. The molecule has 0 aliphatic carbocycles. The third kappa shape index (κ3) is 4.71. The molecule has 0 bridgehead atoms. The average molecular weight is 207 g/mol. The Balaban J connectivity index is 4.01. The highest BCUT2D eigenvalue weighted by Gasteiger charge is 2.18. The van der Waals surface area contributed by atoms with Crippen LogP contribution < -0.4 is 16.2 Å². The van der Waals surface area contributed by atoms with Gasteiger partial charge in [-0.05, 0) is 0 Å². The minimum absolute atomic E-state index is 0.0245. The second kappa shape index (κ2) is 6.70. The number of aliphatic hydroxyl groups is 1. The number of hydrogen-bond acceptors (Lipinski definition) is 5. The van der Waals surface area contributed by atoms with E-state index in [9.17, 15) is 9.59 Å². The van der Waals surface area contributed by atoms with E-state index in [1.165, 1.54) is 7.05 Å². The molecule has 0 aliphatic heterocycles. The molecule has 0 unspecified atom stereocenters. The van der Waals surface area contributed by atoms with Gasteiger partial charge in [0.15, 0.2) is 0 Å². The van der Waals surface area contributed by atoms with Gasteiger partial charge in [-0.2, -0.15) is 12.6 Å². The molecule has 0 rings (SSSR count). The fourth-order valence-electron chi connectivity index (χ4n) is 0.644. The lowest BCUT2D eigenvalue weighted by Crippen LogP contribution is -2.52. The Kier molecular flexibility index (Phi) is 6.29. The van der Waals surface area contributed by atoms with Crippen LogP contribution in [0.25, 0.3) is 0 Å². The number of hydrazine groups is 1. The highest BCUT2D eigenvalue weighted by atomic mass is 32.1. The van der Waals surface area contributed by atoms with Crippen molar-refractivity contribution < 1.29 is 14.7 Å². The Hall–Kier alpha value is -0.790. The van der Waals surface area contributed by atoms with Crippen LogP contribution in [0.5, 0.6) is 0 Å². The van der Waals surface area contributed by atoms with Crippen LogP contribution >= 0.6 is 12.6 Å². The zero-order chi connectivity index (χ0) is 10.3. The maximum absolute atomic E-state index is 11.1. The van der Waals surface area contributed by atoms with E-state index in [1.807, 2.05) is 0 Å². The number of hydrogen-bond donors (Lipinski definition) is 5. The maximum atomic E-state index is 11.1. The molecule has 0 aliphatic rings. The average Bonchev–Trinajstić information content (AvgIpc) is 2.14. The monoisotopic (exact) mass is 207 g/mol. The van der Waals surface area contributed by atoms with E-state index < -0.39 is 24.5 Å². The van der Waals surface area contributed by atoms with Gasteiger partial charge in [0.1, 0.15) is 6.04 Å². The van der Waals surface area contributed by atoms with Gasteiger partial charge in [-0.25, -0.2) is 5.43 Å². The summed E-state index contributed by atoms with van der Waals surface area (Å²) in [7, 11) is 1.51. The molecule has 4 N–H and O–H groups in total. The molecule has 0 aromatic heterocycles. The lowest BCUT2D eigenvalue weighted by molar-refractivity contribution is -0.129. The van der Waals surface area contributed by atoms with Crippen LogP contribution in [0.4, 0.5) is 0 Å². The molecule has 7 heteroatoms. The smallest absolute Gasteiger partial charge is 0.259 e. The molecule has 0 saturated heterocycles. The number of thiol groups is 1. The van der Waals surface area contributed by atoms with Gasteiger partial charge in [0.25, 0.3) is 5.91 Å². The van der Waals surface area contributed by atoms with E-state index in [-0.39, 0.29) is 5.75 Å². The van der Waals surface area contributed by atoms with Crippen LogP contribution in [0.3, 0.4) is 0 Å². The summed E-state index contributed by atoms with van der Waals surface area (Å²) in [4.78, 5) is 21.8. The van der Waals surface area contributed by atoms with Crippen molar-refractivity contribution in [1.82, 2.24) is 16.2 Å².